The van der Waals surface area contributed by atoms with E-state index in [4.69, 9.17) is 4.74 Å². The molecule has 0 fully saturated rings. The zero-order chi connectivity index (χ0) is 17.4. The first-order valence-corrected chi connectivity index (χ1v) is 8.34. The van der Waals surface area contributed by atoms with Gasteiger partial charge in [-0.05, 0) is 47.1 Å². The molecule has 0 heterocycles. The summed E-state index contributed by atoms with van der Waals surface area (Å²) in [4.78, 5) is 23.5. The fraction of sp³-hybridized carbons (Fsp3) is 0.222. The minimum Gasteiger partial charge on any atom is -0.493 e. The molecule has 0 aliphatic rings. The Morgan fingerprint density at radius 1 is 1.04 bits per heavy atom. The Morgan fingerprint density at radius 2 is 1.75 bits per heavy atom. The van der Waals surface area contributed by atoms with Gasteiger partial charge in [0.05, 0.1) is 25.3 Å². The van der Waals surface area contributed by atoms with Gasteiger partial charge in [-0.15, -0.1) is 0 Å². The molecule has 0 bridgehead atoms. The van der Waals surface area contributed by atoms with Gasteiger partial charge in [-0.3, -0.25) is 9.59 Å². The molecule has 0 saturated carbocycles. The largest absolute Gasteiger partial charge is 0.493 e. The Hall–Kier alpha value is -2.34. The van der Waals surface area contributed by atoms with Gasteiger partial charge in [0, 0.05) is 4.47 Å². The fourth-order valence-electron chi connectivity index (χ4n) is 1.92. The molecular weight excluding hydrogens is 372 g/mol. The fourth-order valence-corrected chi connectivity index (χ4v) is 2.30. The summed E-state index contributed by atoms with van der Waals surface area (Å²) >= 11 is 3.35. The van der Waals surface area contributed by atoms with Gasteiger partial charge >= 0.3 is 0 Å². The number of benzene rings is 2. The van der Waals surface area contributed by atoms with Crippen molar-refractivity contribution in [1.29, 1.82) is 0 Å². The predicted molar refractivity (Wildman–Crippen MR) is 97.1 cm³/mol. The molecule has 2 amide bonds. The Morgan fingerprint density at radius 3 is 2.46 bits per heavy atom. The van der Waals surface area contributed by atoms with Gasteiger partial charge < -0.3 is 15.4 Å². The number of carbonyl (C=O) groups excluding carboxylic acids is 2. The number of carbonyl (C=O) groups is 2. The van der Waals surface area contributed by atoms with Crippen LogP contribution in [0.15, 0.2) is 53.0 Å². The van der Waals surface area contributed by atoms with Gasteiger partial charge in [0.25, 0.3) is 0 Å². The second-order valence-electron chi connectivity index (χ2n) is 5.22. The molecule has 0 unspecified atom stereocenters. The molecule has 0 atom stereocenters. The van der Waals surface area contributed by atoms with E-state index < -0.39 is 0 Å². The highest BCUT2D eigenvalue weighted by Gasteiger charge is 2.07. The SMILES string of the molecule is Cc1ccc(OCCC(=O)NCC(=O)Nc2ccccc2Br)cc1. The smallest absolute Gasteiger partial charge is 0.243 e. The first kappa shape index (κ1) is 18.0. The molecule has 0 aliphatic carbocycles. The Labute approximate surface area is 149 Å². The molecule has 2 N–H and O–H groups in total. The van der Waals surface area contributed by atoms with Gasteiger partial charge in [-0.2, -0.15) is 0 Å². The minimum atomic E-state index is -0.283. The van der Waals surface area contributed by atoms with Crippen LogP contribution in [-0.2, 0) is 9.59 Å². The minimum absolute atomic E-state index is 0.0787. The van der Waals surface area contributed by atoms with Crippen molar-refractivity contribution < 1.29 is 14.3 Å². The maximum atomic E-state index is 11.8. The van der Waals surface area contributed by atoms with Gasteiger partial charge in [0.1, 0.15) is 5.75 Å². The third-order valence-corrected chi connectivity index (χ3v) is 3.90. The van der Waals surface area contributed by atoms with Crippen LogP contribution < -0.4 is 15.4 Å². The standard InChI is InChI=1S/C18H19BrN2O3/c1-13-6-8-14(9-7-13)24-11-10-17(22)20-12-18(23)21-16-5-3-2-4-15(16)19/h2-9H,10-12H2,1H3,(H,20,22)(H,21,23). The van der Waals surface area contributed by atoms with Crippen LogP contribution in [0.25, 0.3) is 0 Å². The number of amides is 2. The lowest BCUT2D eigenvalue weighted by Crippen LogP contribution is -2.33. The summed E-state index contributed by atoms with van der Waals surface area (Å²) in [5.41, 5.74) is 1.82. The molecule has 24 heavy (non-hydrogen) atoms. The van der Waals surface area contributed by atoms with Gasteiger partial charge in [0.15, 0.2) is 0 Å². The summed E-state index contributed by atoms with van der Waals surface area (Å²) in [6, 6.07) is 14.9. The Bertz CT molecular complexity index is 702. The van der Waals surface area contributed by atoms with E-state index >= 15 is 0 Å². The molecule has 6 heteroatoms. The lowest BCUT2D eigenvalue weighted by molar-refractivity contribution is -0.124. The molecule has 0 aliphatic heterocycles. The van der Waals surface area contributed by atoms with Crippen molar-refractivity contribution in [2.75, 3.05) is 18.5 Å². The number of para-hydroxylation sites is 1. The van der Waals surface area contributed by atoms with Crippen molar-refractivity contribution in [2.45, 2.75) is 13.3 Å². The first-order chi connectivity index (χ1) is 11.5. The van der Waals surface area contributed by atoms with Crippen LogP contribution in [0, 0.1) is 6.92 Å². The van der Waals surface area contributed by atoms with Gasteiger partial charge in [-0.1, -0.05) is 29.8 Å². The van der Waals surface area contributed by atoms with E-state index in [-0.39, 0.29) is 31.4 Å². The number of rotatable bonds is 7. The number of anilines is 1. The maximum Gasteiger partial charge on any atom is 0.243 e. The highest BCUT2D eigenvalue weighted by molar-refractivity contribution is 9.10. The van der Waals surface area contributed by atoms with Gasteiger partial charge in [-0.25, -0.2) is 0 Å². The number of ether oxygens (including phenoxy) is 1. The lowest BCUT2D eigenvalue weighted by Gasteiger charge is -2.09. The summed E-state index contributed by atoms with van der Waals surface area (Å²) in [5.74, 6) is 0.208. The molecule has 2 aromatic carbocycles. The molecule has 0 radical (unpaired) electrons. The topological polar surface area (TPSA) is 67.4 Å². The van der Waals surface area contributed by atoms with Crippen molar-refractivity contribution in [3.05, 3.63) is 58.6 Å². The lowest BCUT2D eigenvalue weighted by atomic mass is 10.2. The highest BCUT2D eigenvalue weighted by atomic mass is 79.9. The van der Waals surface area contributed by atoms with Crippen LogP contribution in [0.3, 0.4) is 0 Å². The molecule has 0 spiro atoms. The van der Waals surface area contributed by atoms with Crippen LogP contribution in [0.5, 0.6) is 5.75 Å². The molecule has 5 nitrogen and oxygen atoms in total. The Balaban J connectivity index is 1.66. The van der Waals surface area contributed by atoms with Crippen molar-refractivity contribution in [3.63, 3.8) is 0 Å². The summed E-state index contributed by atoms with van der Waals surface area (Å²) in [7, 11) is 0. The quantitative estimate of drug-likeness (QED) is 0.761. The average Bonchev–Trinajstić information content (AvgIpc) is 2.57. The molecule has 2 rings (SSSR count). The molecular formula is C18H19BrN2O3. The number of halogens is 1. The van der Waals surface area contributed by atoms with Crippen LogP contribution in [0.4, 0.5) is 5.69 Å². The molecule has 0 aromatic heterocycles. The number of nitrogens with one attached hydrogen (secondary N) is 2. The van der Waals surface area contributed by atoms with E-state index in [1.807, 2.05) is 49.4 Å². The summed E-state index contributed by atoms with van der Waals surface area (Å²) in [6.45, 7) is 2.18. The van der Waals surface area contributed by atoms with E-state index in [0.717, 1.165) is 15.8 Å². The van der Waals surface area contributed by atoms with E-state index in [9.17, 15) is 9.59 Å². The van der Waals surface area contributed by atoms with Crippen molar-refractivity contribution in [1.82, 2.24) is 5.32 Å². The zero-order valence-corrected chi connectivity index (χ0v) is 14.9. The van der Waals surface area contributed by atoms with E-state index in [1.165, 1.54) is 0 Å². The first-order valence-electron chi connectivity index (χ1n) is 7.55. The molecule has 0 saturated heterocycles. The van der Waals surface area contributed by atoms with E-state index in [0.29, 0.717) is 5.69 Å². The van der Waals surface area contributed by atoms with Crippen LogP contribution in [-0.4, -0.2) is 25.0 Å². The zero-order valence-electron chi connectivity index (χ0n) is 13.3. The second kappa shape index (κ2) is 9.08. The summed E-state index contributed by atoms with van der Waals surface area (Å²) in [6.07, 6.45) is 0.191. The monoisotopic (exact) mass is 390 g/mol. The molecule has 126 valence electrons. The maximum absolute atomic E-state index is 11.8. The van der Waals surface area contributed by atoms with E-state index in [2.05, 4.69) is 26.6 Å². The van der Waals surface area contributed by atoms with Gasteiger partial charge in [0.2, 0.25) is 11.8 Å². The van der Waals surface area contributed by atoms with Crippen LogP contribution in [0.1, 0.15) is 12.0 Å². The highest BCUT2D eigenvalue weighted by Crippen LogP contribution is 2.20. The third kappa shape index (κ3) is 6.04. The number of hydrogen-bond donors (Lipinski definition) is 2. The van der Waals surface area contributed by atoms with Crippen LogP contribution in [0.2, 0.25) is 0 Å². The van der Waals surface area contributed by atoms with Crippen molar-refractivity contribution >= 4 is 33.4 Å². The average molecular weight is 391 g/mol. The third-order valence-electron chi connectivity index (χ3n) is 3.21. The predicted octanol–water partition coefficient (Wildman–Crippen LogP) is 3.28. The second-order valence-corrected chi connectivity index (χ2v) is 6.07. The normalized spacial score (nSPS) is 10.1. The van der Waals surface area contributed by atoms with Crippen molar-refractivity contribution in [3.8, 4) is 5.75 Å². The summed E-state index contributed by atoms with van der Waals surface area (Å²) < 4.78 is 6.27. The summed E-state index contributed by atoms with van der Waals surface area (Å²) in [5, 5.41) is 5.29. The number of hydrogen-bond acceptors (Lipinski definition) is 3. The molecule has 2 aromatic rings. The van der Waals surface area contributed by atoms with Crippen molar-refractivity contribution in [2.24, 2.45) is 0 Å². The number of aryl methyl sites for hydroxylation is 1. The van der Waals surface area contributed by atoms with E-state index in [1.54, 1.807) is 6.07 Å². The van der Waals surface area contributed by atoms with Crippen LogP contribution >= 0.6 is 15.9 Å². The Kier molecular flexibility index (Phi) is 6.81.